The van der Waals surface area contributed by atoms with Gasteiger partial charge in [-0.25, -0.2) is 4.79 Å². The van der Waals surface area contributed by atoms with Gasteiger partial charge in [0.1, 0.15) is 0 Å². The van der Waals surface area contributed by atoms with E-state index >= 15 is 0 Å². The van der Waals surface area contributed by atoms with Gasteiger partial charge in [0.25, 0.3) is 0 Å². The smallest absolute Gasteiger partial charge is 0.333 e. The summed E-state index contributed by atoms with van der Waals surface area (Å²) in [4.78, 5) is 11.1. The van der Waals surface area contributed by atoms with Crippen molar-refractivity contribution in [3.05, 3.63) is 12.2 Å². The molecule has 82 valence electrons. The number of carbonyl (C=O) groups excluding carboxylic acids is 1. The van der Waals surface area contributed by atoms with E-state index in [-0.39, 0.29) is 5.97 Å². The first-order valence-corrected chi connectivity index (χ1v) is 5.40. The predicted octanol–water partition coefficient (Wildman–Crippen LogP) is 3.32. The van der Waals surface area contributed by atoms with E-state index in [2.05, 4.69) is 20.4 Å². The fraction of sp³-hybridized carbons (Fsp3) is 0.750. The van der Waals surface area contributed by atoms with Crippen LogP contribution in [0.1, 0.15) is 46.5 Å². The van der Waals surface area contributed by atoms with Crippen LogP contribution in [0.25, 0.3) is 0 Å². The van der Waals surface area contributed by atoms with Gasteiger partial charge in [0.2, 0.25) is 0 Å². The van der Waals surface area contributed by atoms with Gasteiger partial charge in [-0.2, -0.15) is 0 Å². The molecular formula is C12H22O2. The van der Waals surface area contributed by atoms with Crippen molar-refractivity contribution in [1.29, 1.82) is 0 Å². The van der Waals surface area contributed by atoms with Gasteiger partial charge in [0.05, 0.1) is 6.61 Å². The monoisotopic (exact) mass is 198 g/mol. The maximum atomic E-state index is 11.1. The summed E-state index contributed by atoms with van der Waals surface area (Å²) in [5.41, 5.74) is 0.478. The Hall–Kier alpha value is -0.790. The maximum absolute atomic E-state index is 11.1. The van der Waals surface area contributed by atoms with E-state index in [0.29, 0.717) is 18.1 Å². The molecule has 0 heterocycles. The van der Waals surface area contributed by atoms with Crippen molar-refractivity contribution in [2.45, 2.75) is 46.5 Å². The molecule has 1 atom stereocenters. The lowest BCUT2D eigenvalue weighted by Gasteiger charge is -2.11. The summed E-state index contributed by atoms with van der Waals surface area (Å²) in [6.07, 6.45) is 4.86. The summed E-state index contributed by atoms with van der Waals surface area (Å²) in [7, 11) is 0. The molecule has 0 aliphatic rings. The second-order valence-corrected chi connectivity index (χ2v) is 3.98. The summed E-state index contributed by atoms with van der Waals surface area (Å²) >= 11 is 0. The van der Waals surface area contributed by atoms with Gasteiger partial charge in [-0.1, -0.05) is 39.7 Å². The zero-order chi connectivity index (χ0) is 11.0. The van der Waals surface area contributed by atoms with Crippen LogP contribution >= 0.6 is 0 Å². The number of esters is 1. The highest BCUT2D eigenvalue weighted by Crippen LogP contribution is 2.10. The van der Waals surface area contributed by atoms with Gasteiger partial charge >= 0.3 is 5.97 Å². The van der Waals surface area contributed by atoms with Crippen LogP contribution in [-0.4, -0.2) is 12.6 Å². The lowest BCUT2D eigenvalue weighted by Crippen LogP contribution is -2.12. The molecule has 0 amide bonds. The zero-order valence-corrected chi connectivity index (χ0v) is 9.64. The van der Waals surface area contributed by atoms with E-state index in [0.717, 1.165) is 6.42 Å². The molecule has 0 spiro atoms. The average molecular weight is 198 g/mol. The van der Waals surface area contributed by atoms with Crippen LogP contribution in [-0.2, 0) is 9.53 Å². The minimum Gasteiger partial charge on any atom is -0.462 e. The van der Waals surface area contributed by atoms with Crippen LogP contribution in [0.2, 0.25) is 0 Å². The highest BCUT2D eigenvalue weighted by atomic mass is 16.5. The first-order valence-electron chi connectivity index (χ1n) is 5.40. The van der Waals surface area contributed by atoms with Crippen LogP contribution in [0.15, 0.2) is 12.2 Å². The van der Waals surface area contributed by atoms with Crippen LogP contribution in [0.3, 0.4) is 0 Å². The average Bonchev–Trinajstić information content (AvgIpc) is 2.14. The molecule has 0 saturated carbocycles. The van der Waals surface area contributed by atoms with E-state index in [4.69, 9.17) is 4.74 Å². The Bertz CT molecular complexity index is 185. The van der Waals surface area contributed by atoms with Crippen LogP contribution < -0.4 is 0 Å². The summed E-state index contributed by atoms with van der Waals surface area (Å²) in [6, 6.07) is 0. The van der Waals surface area contributed by atoms with Gasteiger partial charge in [-0.15, -0.1) is 0 Å². The summed E-state index contributed by atoms with van der Waals surface area (Å²) < 4.78 is 5.06. The van der Waals surface area contributed by atoms with Crippen molar-refractivity contribution in [3.63, 3.8) is 0 Å². The van der Waals surface area contributed by atoms with Crippen molar-refractivity contribution < 1.29 is 9.53 Å². The van der Waals surface area contributed by atoms with E-state index in [1.54, 1.807) is 6.92 Å². The molecule has 0 aliphatic heterocycles. The molecule has 0 aromatic heterocycles. The lowest BCUT2D eigenvalue weighted by atomic mass is 10.0. The Morgan fingerprint density at radius 1 is 1.43 bits per heavy atom. The van der Waals surface area contributed by atoms with Crippen LogP contribution in [0, 0.1) is 5.92 Å². The molecule has 0 aliphatic carbocycles. The van der Waals surface area contributed by atoms with Crippen molar-refractivity contribution in [2.24, 2.45) is 5.92 Å². The van der Waals surface area contributed by atoms with E-state index in [9.17, 15) is 4.79 Å². The highest BCUT2D eigenvalue weighted by Gasteiger charge is 2.07. The number of rotatable bonds is 7. The highest BCUT2D eigenvalue weighted by molar-refractivity contribution is 5.86. The molecule has 0 N–H and O–H groups in total. The fourth-order valence-electron chi connectivity index (χ4n) is 1.17. The quantitative estimate of drug-likeness (QED) is 0.356. The minimum atomic E-state index is -0.271. The van der Waals surface area contributed by atoms with E-state index < -0.39 is 0 Å². The Morgan fingerprint density at radius 2 is 2.07 bits per heavy atom. The third-order valence-corrected chi connectivity index (χ3v) is 2.15. The lowest BCUT2D eigenvalue weighted by molar-refractivity contribution is -0.140. The van der Waals surface area contributed by atoms with Gasteiger partial charge in [-0.05, 0) is 19.3 Å². The molecule has 0 saturated heterocycles. The van der Waals surface area contributed by atoms with Gasteiger partial charge in [0.15, 0.2) is 0 Å². The normalized spacial score (nSPS) is 12.2. The van der Waals surface area contributed by atoms with Crippen molar-refractivity contribution >= 4 is 5.97 Å². The number of hydrogen-bond donors (Lipinski definition) is 0. The summed E-state index contributed by atoms with van der Waals surface area (Å²) in [5, 5.41) is 0. The van der Waals surface area contributed by atoms with Crippen LogP contribution in [0.4, 0.5) is 0 Å². The molecule has 0 radical (unpaired) electrons. The van der Waals surface area contributed by atoms with Gasteiger partial charge in [-0.3, -0.25) is 0 Å². The summed E-state index contributed by atoms with van der Waals surface area (Å²) in [6.45, 7) is 10.0. The standard InChI is InChI=1S/C12H22O2/c1-5-6-7-8-11(4)9-14-12(13)10(2)3/h11H,2,5-9H2,1,3-4H3. The number of ether oxygens (including phenoxy) is 1. The molecule has 2 heteroatoms. The third-order valence-electron chi connectivity index (χ3n) is 2.15. The SMILES string of the molecule is C=C(C)C(=O)OCC(C)CCCCC. The van der Waals surface area contributed by atoms with E-state index in [1.807, 2.05) is 0 Å². The fourth-order valence-corrected chi connectivity index (χ4v) is 1.17. The second kappa shape index (κ2) is 7.60. The van der Waals surface area contributed by atoms with Crippen molar-refractivity contribution in [1.82, 2.24) is 0 Å². The number of unbranched alkanes of at least 4 members (excludes halogenated alkanes) is 2. The molecule has 0 aromatic carbocycles. The first kappa shape index (κ1) is 13.2. The van der Waals surface area contributed by atoms with Crippen molar-refractivity contribution in [3.8, 4) is 0 Å². The molecule has 0 aromatic rings. The van der Waals surface area contributed by atoms with E-state index in [1.165, 1.54) is 19.3 Å². The topological polar surface area (TPSA) is 26.3 Å². The molecule has 1 unspecified atom stereocenters. The number of carbonyl (C=O) groups is 1. The molecule has 0 bridgehead atoms. The molecule has 2 nitrogen and oxygen atoms in total. The Balaban J connectivity index is 3.48. The maximum Gasteiger partial charge on any atom is 0.333 e. The molecule has 0 fully saturated rings. The molecular weight excluding hydrogens is 176 g/mol. The van der Waals surface area contributed by atoms with Gasteiger partial charge < -0.3 is 4.74 Å². The van der Waals surface area contributed by atoms with Crippen molar-refractivity contribution in [2.75, 3.05) is 6.61 Å². The Morgan fingerprint density at radius 3 is 2.57 bits per heavy atom. The third kappa shape index (κ3) is 6.70. The zero-order valence-electron chi connectivity index (χ0n) is 9.64. The second-order valence-electron chi connectivity index (χ2n) is 3.98. The molecule has 0 rings (SSSR count). The largest absolute Gasteiger partial charge is 0.462 e. The Kier molecular flexibility index (Phi) is 7.17. The minimum absolute atomic E-state index is 0.271. The Labute approximate surface area is 87.3 Å². The number of hydrogen-bond acceptors (Lipinski definition) is 2. The predicted molar refractivity (Wildman–Crippen MR) is 59.1 cm³/mol. The summed E-state index contributed by atoms with van der Waals surface area (Å²) in [5.74, 6) is 0.192. The molecule has 14 heavy (non-hydrogen) atoms. The van der Waals surface area contributed by atoms with Gasteiger partial charge in [0, 0.05) is 5.57 Å². The first-order chi connectivity index (χ1) is 6.57. The van der Waals surface area contributed by atoms with Crippen LogP contribution in [0.5, 0.6) is 0 Å².